The smallest absolute Gasteiger partial charge is 0.0558 e. The van der Waals surface area contributed by atoms with E-state index in [2.05, 4.69) is 52.5 Å². The van der Waals surface area contributed by atoms with Crippen molar-refractivity contribution in [3.63, 3.8) is 0 Å². The average Bonchev–Trinajstić information content (AvgIpc) is 2.24. The number of rotatable bonds is 6. The molecule has 0 radical (unpaired) electrons. The van der Waals surface area contributed by atoms with E-state index in [4.69, 9.17) is 5.11 Å². The van der Waals surface area contributed by atoms with Gasteiger partial charge >= 0.3 is 0 Å². The minimum Gasteiger partial charge on any atom is -0.395 e. The van der Waals surface area contributed by atoms with E-state index in [0.717, 1.165) is 17.6 Å². The molecule has 1 N–H and O–H groups in total. The predicted octanol–water partition coefficient (Wildman–Crippen LogP) is 2.74. The number of halogens is 1. The van der Waals surface area contributed by atoms with E-state index in [0.29, 0.717) is 6.54 Å². The Morgan fingerprint density at radius 1 is 1.50 bits per heavy atom. The number of benzene rings is 1. The summed E-state index contributed by atoms with van der Waals surface area (Å²) < 4.78 is 1.13. The minimum absolute atomic E-state index is 0.181. The van der Waals surface area contributed by atoms with Crippen molar-refractivity contribution in [2.75, 3.05) is 19.7 Å². The zero-order valence-electron chi connectivity index (χ0n) is 9.62. The molecule has 0 aliphatic rings. The van der Waals surface area contributed by atoms with Crippen molar-refractivity contribution in [2.45, 2.75) is 13.5 Å². The first kappa shape index (κ1) is 13.4. The van der Waals surface area contributed by atoms with Crippen LogP contribution >= 0.6 is 15.9 Å². The molecule has 0 amide bonds. The fourth-order valence-electron chi connectivity index (χ4n) is 1.55. The highest BCUT2D eigenvalue weighted by atomic mass is 79.9. The third-order valence-corrected chi connectivity index (χ3v) is 3.30. The molecule has 1 rings (SSSR count). The van der Waals surface area contributed by atoms with Crippen LogP contribution < -0.4 is 0 Å². The van der Waals surface area contributed by atoms with Crippen LogP contribution in [-0.4, -0.2) is 29.7 Å². The predicted molar refractivity (Wildman–Crippen MR) is 71.4 cm³/mol. The third kappa shape index (κ3) is 4.08. The van der Waals surface area contributed by atoms with E-state index in [1.54, 1.807) is 0 Å². The summed E-state index contributed by atoms with van der Waals surface area (Å²) in [6.45, 7) is 8.29. The Morgan fingerprint density at radius 2 is 2.25 bits per heavy atom. The van der Waals surface area contributed by atoms with E-state index < -0.39 is 0 Å². The number of aliphatic hydroxyl groups is 1. The quantitative estimate of drug-likeness (QED) is 0.812. The molecule has 2 nitrogen and oxygen atoms in total. The van der Waals surface area contributed by atoms with Gasteiger partial charge in [0, 0.05) is 24.1 Å². The van der Waals surface area contributed by atoms with Gasteiger partial charge in [-0.15, -0.1) is 6.58 Å². The fraction of sp³-hybridized carbons (Fsp3) is 0.385. The van der Waals surface area contributed by atoms with Crippen molar-refractivity contribution in [1.82, 2.24) is 4.90 Å². The maximum absolute atomic E-state index is 8.95. The molecule has 88 valence electrons. The molecule has 3 heteroatoms. The third-order valence-electron chi connectivity index (χ3n) is 2.45. The Balaban J connectivity index is 2.68. The van der Waals surface area contributed by atoms with Crippen molar-refractivity contribution in [2.24, 2.45) is 0 Å². The molecule has 0 unspecified atom stereocenters. The molecule has 0 heterocycles. The Hall–Kier alpha value is -0.640. The maximum Gasteiger partial charge on any atom is 0.0558 e. The van der Waals surface area contributed by atoms with Crippen LogP contribution in [0.25, 0.3) is 0 Å². The maximum atomic E-state index is 8.95. The molecule has 1 aromatic rings. The van der Waals surface area contributed by atoms with Gasteiger partial charge in [-0.3, -0.25) is 4.90 Å². The SMILES string of the molecule is C=CCN(CCO)Cc1ccc(C)c(Br)c1. The van der Waals surface area contributed by atoms with Gasteiger partial charge in [-0.05, 0) is 24.1 Å². The number of aryl methyl sites for hydroxylation is 1. The largest absolute Gasteiger partial charge is 0.395 e. The van der Waals surface area contributed by atoms with Gasteiger partial charge in [0.15, 0.2) is 0 Å². The Labute approximate surface area is 106 Å². The van der Waals surface area contributed by atoms with Crippen molar-refractivity contribution < 1.29 is 5.11 Å². The standard InChI is InChI=1S/C13H18BrNO/c1-3-6-15(7-8-16)10-12-5-4-11(2)13(14)9-12/h3-5,9,16H,1,6-8,10H2,2H3. The molecule has 0 bridgehead atoms. The fourth-order valence-corrected chi connectivity index (χ4v) is 1.98. The van der Waals surface area contributed by atoms with Crippen molar-refractivity contribution >= 4 is 15.9 Å². The van der Waals surface area contributed by atoms with Crippen molar-refractivity contribution in [3.05, 3.63) is 46.5 Å². The molecule has 0 aliphatic carbocycles. The topological polar surface area (TPSA) is 23.5 Å². The van der Waals surface area contributed by atoms with Gasteiger partial charge in [0.05, 0.1) is 6.61 Å². The van der Waals surface area contributed by atoms with Gasteiger partial charge in [0.1, 0.15) is 0 Å². The van der Waals surface area contributed by atoms with Crippen LogP contribution in [-0.2, 0) is 6.54 Å². The van der Waals surface area contributed by atoms with Gasteiger partial charge in [0.25, 0.3) is 0 Å². The van der Waals surface area contributed by atoms with E-state index in [-0.39, 0.29) is 6.61 Å². The Morgan fingerprint density at radius 3 is 2.81 bits per heavy atom. The summed E-state index contributed by atoms with van der Waals surface area (Å²) in [4.78, 5) is 2.16. The summed E-state index contributed by atoms with van der Waals surface area (Å²) in [6.07, 6.45) is 1.86. The molecule has 0 aliphatic heterocycles. The first-order valence-corrected chi connectivity index (χ1v) is 6.15. The second-order valence-corrected chi connectivity index (χ2v) is 4.69. The molecule has 0 saturated heterocycles. The number of hydrogen-bond acceptors (Lipinski definition) is 2. The first-order chi connectivity index (χ1) is 7.67. The molecule has 0 aromatic heterocycles. The van der Waals surface area contributed by atoms with E-state index in [9.17, 15) is 0 Å². The summed E-state index contributed by atoms with van der Waals surface area (Å²) >= 11 is 3.53. The number of aliphatic hydroxyl groups excluding tert-OH is 1. The normalized spacial score (nSPS) is 10.8. The molecule has 0 saturated carbocycles. The van der Waals surface area contributed by atoms with Crippen LogP contribution in [0.5, 0.6) is 0 Å². The lowest BCUT2D eigenvalue weighted by atomic mass is 10.1. The van der Waals surface area contributed by atoms with Crippen LogP contribution in [0.2, 0.25) is 0 Å². The van der Waals surface area contributed by atoms with Crippen molar-refractivity contribution in [3.8, 4) is 0 Å². The summed E-state index contributed by atoms with van der Waals surface area (Å²) in [5.41, 5.74) is 2.48. The Kier molecular flexibility index (Phi) is 5.74. The molecular weight excluding hydrogens is 266 g/mol. The molecule has 16 heavy (non-hydrogen) atoms. The lowest BCUT2D eigenvalue weighted by molar-refractivity contribution is 0.203. The van der Waals surface area contributed by atoms with Crippen LogP contribution in [0.15, 0.2) is 35.3 Å². The summed E-state index contributed by atoms with van der Waals surface area (Å²) in [5.74, 6) is 0. The van der Waals surface area contributed by atoms with Crippen LogP contribution in [0.3, 0.4) is 0 Å². The van der Waals surface area contributed by atoms with Crippen LogP contribution in [0.4, 0.5) is 0 Å². The lowest BCUT2D eigenvalue weighted by Gasteiger charge is -2.19. The molecule has 1 aromatic carbocycles. The Bertz CT molecular complexity index is 352. The van der Waals surface area contributed by atoms with E-state index in [1.807, 2.05) is 6.08 Å². The minimum atomic E-state index is 0.181. The summed E-state index contributed by atoms with van der Waals surface area (Å²) in [6, 6.07) is 6.35. The average molecular weight is 284 g/mol. The van der Waals surface area contributed by atoms with Gasteiger partial charge in [-0.2, -0.15) is 0 Å². The number of hydrogen-bond donors (Lipinski definition) is 1. The molecular formula is C13H18BrNO. The zero-order chi connectivity index (χ0) is 12.0. The highest BCUT2D eigenvalue weighted by molar-refractivity contribution is 9.10. The highest BCUT2D eigenvalue weighted by Crippen LogP contribution is 2.18. The molecule has 0 spiro atoms. The molecule has 0 atom stereocenters. The highest BCUT2D eigenvalue weighted by Gasteiger charge is 2.04. The van der Waals surface area contributed by atoms with Crippen LogP contribution in [0.1, 0.15) is 11.1 Å². The van der Waals surface area contributed by atoms with Crippen molar-refractivity contribution in [1.29, 1.82) is 0 Å². The van der Waals surface area contributed by atoms with Gasteiger partial charge < -0.3 is 5.11 Å². The first-order valence-electron chi connectivity index (χ1n) is 5.36. The summed E-state index contributed by atoms with van der Waals surface area (Å²) in [5, 5.41) is 8.95. The summed E-state index contributed by atoms with van der Waals surface area (Å²) in [7, 11) is 0. The molecule has 0 fully saturated rings. The van der Waals surface area contributed by atoms with Crippen LogP contribution in [0, 0.1) is 6.92 Å². The second kappa shape index (κ2) is 6.84. The van der Waals surface area contributed by atoms with Gasteiger partial charge in [-0.1, -0.05) is 34.1 Å². The zero-order valence-corrected chi connectivity index (χ0v) is 11.2. The monoisotopic (exact) mass is 283 g/mol. The van der Waals surface area contributed by atoms with E-state index >= 15 is 0 Å². The lowest BCUT2D eigenvalue weighted by Crippen LogP contribution is -2.26. The number of nitrogens with zero attached hydrogens (tertiary/aromatic N) is 1. The second-order valence-electron chi connectivity index (χ2n) is 3.83. The van der Waals surface area contributed by atoms with E-state index in [1.165, 1.54) is 11.1 Å². The van der Waals surface area contributed by atoms with Gasteiger partial charge in [-0.25, -0.2) is 0 Å². The van der Waals surface area contributed by atoms with Gasteiger partial charge in [0.2, 0.25) is 0 Å².